The lowest BCUT2D eigenvalue weighted by Gasteiger charge is -2.16. The van der Waals surface area contributed by atoms with E-state index in [1.807, 2.05) is 6.07 Å². The zero-order valence-corrected chi connectivity index (χ0v) is 8.35. The lowest BCUT2D eigenvalue weighted by Crippen LogP contribution is -2.31. The summed E-state index contributed by atoms with van der Waals surface area (Å²) in [5.41, 5.74) is 5.99. The van der Waals surface area contributed by atoms with E-state index in [1.54, 1.807) is 6.20 Å². The third-order valence-electron chi connectivity index (χ3n) is 2.57. The third-order valence-corrected chi connectivity index (χ3v) is 2.57. The number of nitrogens with one attached hydrogen (secondary N) is 1. The van der Waals surface area contributed by atoms with E-state index in [1.165, 1.54) is 19.0 Å². The maximum Gasteiger partial charge on any atom is 0.182 e. The van der Waals surface area contributed by atoms with E-state index >= 15 is 0 Å². The van der Waals surface area contributed by atoms with Crippen molar-refractivity contribution in [3.63, 3.8) is 0 Å². The second-order valence-corrected chi connectivity index (χ2v) is 3.69. The van der Waals surface area contributed by atoms with Crippen molar-refractivity contribution in [3.8, 4) is 6.07 Å². The summed E-state index contributed by atoms with van der Waals surface area (Å²) < 4.78 is 0. The van der Waals surface area contributed by atoms with Crippen molar-refractivity contribution >= 4 is 5.82 Å². The Hall–Kier alpha value is -1.67. The van der Waals surface area contributed by atoms with Gasteiger partial charge in [0.15, 0.2) is 11.5 Å². The first-order valence-corrected chi connectivity index (χ1v) is 5.03. The Labute approximate surface area is 88.3 Å². The van der Waals surface area contributed by atoms with Gasteiger partial charge in [0.1, 0.15) is 6.07 Å². The van der Waals surface area contributed by atoms with E-state index in [2.05, 4.69) is 15.3 Å². The monoisotopic (exact) mass is 203 g/mol. The minimum Gasteiger partial charge on any atom is -0.363 e. The fraction of sp³-hybridized carbons (Fsp3) is 0.500. The predicted octanol–water partition coefficient (Wildman–Crippen LogP) is 0.497. The summed E-state index contributed by atoms with van der Waals surface area (Å²) in [5.74, 6) is 1.17. The molecule has 1 atom stereocenters. The first kappa shape index (κ1) is 9.87. The fourth-order valence-corrected chi connectivity index (χ4v) is 1.57. The van der Waals surface area contributed by atoms with Gasteiger partial charge in [-0.2, -0.15) is 5.26 Å². The van der Waals surface area contributed by atoms with Gasteiger partial charge in [-0.25, -0.2) is 9.97 Å². The van der Waals surface area contributed by atoms with E-state index in [4.69, 9.17) is 11.0 Å². The minimum absolute atomic E-state index is 0.216. The van der Waals surface area contributed by atoms with Crippen molar-refractivity contribution in [2.24, 2.45) is 11.7 Å². The molecule has 2 rings (SSSR count). The highest BCUT2D eigenvalue weighted by Crippen LogP contribution is 2.33. The minimum atomic E-state index is 0.216. The number of nitriles is 1. The summed E-state index contributed by atoms with van der Waals surface area (Å²) in [5, 5.41) is 12.0. The standard InChI is InChI=1S/C10H13N5/c11-5-8(7-1-2-7)15-10-9(6-12)13-3-4-14-10/h3-4,7-8H,1-2,5,11H2,(H,14,15). The molecule has 0 radical (unpaired) electrons. The van der Waals surface area contributed by atoms with Crippen molar-refractivity contribution in [2.45, 2.75) is 18.9 Å². The largest absolute Gasteiger partial charge is 0.363 e. The van der Waals surface area contributed by atoms with Crippen LogP contribution in [0.2, 0.25) is 0 Å². The van der Waals surface area contributed by atoms with Crippen LogP contribution >= 0.6 is 0 Å². The van der Waals surface area contributed by atoms with Crippen LogP contribution in [0.3, 0.4) is 0 Å². The zero-order chi connectivity index (χ0) is 10.7. The Bertz CT molecular complexity index is 380. The van der Waals surface area contributed by atoms with Crippen LogP contribution < -0.4 is 11.1 Å². The number of hydrogen-bond donors (Lipinski definition) is 2. The zero-order valence-electron chi connectivity index (χ0n) is 8.35. The Kier molecular flexibility index (Phi) is 2.79. The molecular weight excluding hydrogens is 190 g/mol. The molecule has 0 aliphatic heterocycles. The summed E-state index contributed by atoms with van der Waals surface area (Å²) in [7, 11) is 0. The topological polar surface area (TPSA) is 87.6 Å². The molecule has 1 aromatic rings. The summed E-state index contributed by atoms with van der Waals surface area (Å²) in [6.07, 6.45) is 5.50. The van der Waals surface area contributed by atoms with Gasteiger partial charge in [-0.3, -0.25) is 0 Å². The highest BCUT2D eigenvalue weighted by Gasteiger charge is 2.30. The van der Waals surface area contributed by atoms with E-state index in [0.717, 1.165) is 0 Å². The Morgan fingerprint density at radius 2 is 2.27 bits per heavy atom. The van der Waals surface area contributed by atoms with Crippen molar-refractivity contribution in [1.82, 2.24) is 9.97 Å². The van der Waals surface area contributed by atoms with Gasteiger partial charge in [0.25, 0.3) is 0 Å². The number of anilines is 1. The molecule has 3 N–H and O–H groups in total. The average molecular weight is 203 g/mol. The molecule has 0 aromatic carbocycles. The molecule has 0 bridgehead atoms. The molecule has 5 heteroatoms. The first-order chi connectivity index (χ1) is 7.35. The molecule has 5 nitrogen and oxygen atoms in total. The first-order valence-electron chi connectivity index (χ1n) is 5.03. The van der Waals surface area contributed by atoms with Crippen molar-refractivity contribution < 1.29 is 0 Å². The number of rotatable bonds is 4. The van der Waals surface area contributed by atoms with E-state index in [-0.39, 0.29) is 6.04 Å². The lowest BCUT2D eigenvalue weighted by molar-refractivity contribution is 0.641. The second kappa shape index (κ2) is 4.24. The van der Waals surface area contributed by atoms with Crippen LogP contribution in [-0.4, -0.2) is 22.6 Å². The average Bonchev–Trinajstić information content (AvgIpc) is 3.10. The molecule has 0 amide bonds. The lowest BCUT2D eigenvalue weighted by atomic mass is 10.2. The van der Waals surface area contributed by atoms with Crippen LogP contribution in [-0.2, 0) is 0 Å². The van der Waals surface area contributed by atoms with E-state index < -0.39 is 0 Å². The molecule has 1 aliphatic rings. The Balaban J connectivity index is 2.12. The van der Waals surface area contributed by atoms with Crippen molar-refractivity contribution in [1.29, 1.82) is 5.26 Å². The predicted molar refractivity (Wildman–Crippen MR) is 55.9 cm³/mol. The highest BCUT2D eigenvalue weighted by atomic mass is 15.1. The summed E-state index contributed by atoms with van der Waals surface area (Å²) in [6, 6.07) is 2.22. The number of hydrogen-bond acceptors (Lipinski definition) is 5. The molecular formula is C10H13N5. The maximum absolute atomic E-state index is 8.83. The van der Waals surface area contributed by atoms with Crippen LogP contribution in [0.1, 0.15) is 18.5 Å². The quantitative estimate of drug-likeness (QED) is 0.743. The molecule has 78 valence electrons. The summed E-state index contributed by atoms with van der Waals surface area (Å²) in [4.78, 5) is 8.03. The molecule has 1 unspecified atom stereocenters. The molecule has 1 aromatic heterocycles. The molecule has 1 saturated carbocycles. The summed E-state index contributed by atoms with van der Waals surface area (Å²) in [6.45, 7) is 0.562. The maximum atomic E-state index is 8.83. The van der Waals surface area contributed by atoms with Gasteiger partial charge < -0.3 is 11.1 Å². The number of nitrogens with two attached hydrogens (primary N) is 1. The van der Waals surface area contributed by atoms with Crippen molar-refractivity contribution in [3.05, 3.63) is 18.1 Å². The van der Waals surface area contributed by atoms with Gasteiger partial charge in [0.2, 0.25) is 0 Å². The van der Waals surface area contributed by atoms with Crippen LogP contribution in [0.15, 0.2) is 12.4 Å². The van der Waals surface area contributed by atoms with Crippen LogP contribution in [0.4, 0.5) is 5.82 Å². The SMILES string of the molecule is N#Cc1nccnc1NC(CN)C1CC1. The third kappa shape index (κ3) is 2.22. The van der Waals surface area contributed by atoms with Gasteiger partial charge in [0.05, 0.1) is 0 Å². The molecule has 0 spiro atoms. The Morgan fingerprint density at radius 1 is 1.53 bits per heavy atom. The number of nitrogens with zero attached hydrogens (tertiary/aromatic N) is 3. The molecule has 0 saturated heterocycles. The van der Waals surface area contributed by atoms with Crippen LogP contribution in [0.5, 0.6) is 0 Å². The van der Waals surface area contributed by atoms with Gasteiger partial charge in [-0.15, -0.1) is 0 Å². The molecule has 1 heterocycles. The number of aromatic nitrogens is 2. The van der Waals surface area contributed by atoms with Crippen LogP contribution in [0.25, 0.3) is 0 Å². The van der Waals surface area contributed by atoms with Gasteiger partial charge in [-0.05, 0) is 18.8 Å². The van der Waals surface area contributed by atoms with E-state index in [0.29, 0.717) is 24.0 Å². The van der Waals surface area contributed by atoms with E-state index in [9.17, 15) is 0 Å². The normalized spacial score (nSPS) is 16.8. The summed E-state index contributed by atoms with van der Waals surface area (Å²) >= 11 is 0. The highest BCUT2D eigenvalue weighted by molar-refractivity contribution is 5.47. The van der Waals surface area contributed by atoms with Gasteiger partial charge >= 0.3 is 0 Å². The van der Waals surface area contributed by atoms with Gasteiger partial charge in [-0.1, -0.05) is 0 Å². The second-order valence-electron chi connectivity index (χ2n) is 3.69. The fourth-order valence-electron chi connectivity index (χ4n) is 1.57. The molecule has 15 heavy (non-hydrogen) atoms. The van der Waals surface area contributed by atoms with Gasteiger partial charge in [0, 0.05) is 25.0 Å². The smallest absolute Gasteiger partial charge is 0.182 e. The molecule has 1 aliphatic carbocycles. The van der Waals surface area contributed by atoms with Crippen LogP contribution in [0, 0.1) is 17.2 Å². The molecule has 1 fully saturated rings. The van der Waals surface area contributed by atoms with Crippen molar-refractivity contribution in [2.75, 3.05) is 11.9 Å². The Morgan fingerprint density at radius 3 is 2.87 bits per heavy atom.